The molecule has 16 heavy (non-hydrogen) atoms. The molecule has 0 bridgehead atoms. The number of carboxylic acid groups (broad SMARTS) is 1. The molecule has 82 valence electrons. The van der Waals surface area contributed by atoms with Crippen LogP contribution in [0.1, 0.15) is 16.1 Å². The van der Waals surface area contributed by atoms with Gasteiger partial charge in [0.2, 0.25) is 0 Å². The van der Waals surface area contributed by atoms with Crippen molar-refractivity contribution in [1.29, 1.82) is 0 Å². The fourth-order valence-corrected chi connectivity index (χ4v) is 1.55. The highest BCUT2D eigenvalue weighted by Gasteiger charge is 2.06. The molecule has 1 heterocycles. The van der Waals surface area contributed by atoms with Crippen LogP contribution in [0, 0.1) is 0 Å². The van der Waals surface area contributed by atoms with E-state index < -0.39 is 5.97 Å². The highest BCUT2D eigenvalue weighted by Crippen LogP contribution is 2.11. The van der Waals surface area contributed by atoms with Gasteiger partial charge in [-0.2, -0.15) is 0 Å². The monoisotopic (exact) mass is 218 g/mol. The number of benzene rings is 1. The van der Waals surface area contributed by atoms with Gasteiger partial charge in [-0.3, -0.25) is 4.79 Å². The van der Waals surface area contributed by atoms with Gasteiger partial charge < -0.3 is 15.8 Å². The molecule has 0 amide bonds. The third-order valence-electron chi connectivity index (χ3n) is 2.35. The molecular weight excluding hydrogens is 208 g/mol. The topological polar surface area (TPSA) is 96.2 Å². The summed E-state index contributed by atoms with van der Waals surface area (Å²) < 4.78 is 0. The summed E-state index contributed by atoms with van der Waals surface area (Å²) in [6.45, 7) is 0.242. The van der Waals surface area contributed by atoms with E-state index in [0.717, 1.165) is 0 Å². The smallest absolute Gasteiger partial charge is 0.335 e. The summed E-state index contributed by atoms with van der Waals surface area (Å²) in [5, 5.41) is 9.16. The number of hydrogen-bond acceptors (Lipinski definition) is 3. The number of aromatic nitrogens is 1. The van der Waals surface area contributed by atoms with E-state index in [4.69, 9.17) is 10.8 Å². The predicted octanol–water partition coefficient (Wildman–Crippen LogP) is 0.685. The Bertz CT molecular complexity index is 616. The van der Waals surface area contributed by atoms with Crippen LogP contribution in [0.2, 0.25) is 0 Å². The van der Waals surface area contributed by atoms with Crippen LogP contribution in [0.4, 0.5) is 0 Å². The van der Waals surface area contributed by atoms with Crippen LogP contribution in [0.15, 0.2) is 29.1 Å². The minimum Gasteiger partial charge on any atom is -0.478 e. The van der Waals surface area contributed by atoms with Gasteiger partial charge in [-0.25, -0.2) is 4.79 Å². The van der Waals surface area contributed by atoms with Gasteiger partial charge in [0.15, 0.2) is 5.43 Å². The van der Waals surface area contributed by atoms with Gasteiger partial charge in [-0.05, 0) is 18.2 Å². The van der Waals surface area contributed by atoms with E-state index in [1.165, 1.54) is 18.2 Å². The number of nitrogens with one attached hydrogen (secondary N) is 1. The highest BCUT2D eigenvalue weighted by atomic mass is 16.4. The first kappa shape index (κ1) is 10.4. The molecule has 2 rings (SSSR count). The Hall–Kier alpha value is -2.14. The van der Waals surface area contributed by atoms with Crippen molar-refractivity contribution in [3.63, 3.8) is 0 Å². The molecule has 0 unspecified atom stereocenters. The average Bonchev–Trinajstić information content (AvgIpc) is 2.28. The minimum absolute atomic E-state index is 0.0958. The van der Waals surface area contributed by atoms with Crippen molar-refractivity contribution in [2.45, 2.75) is 6.54 Å². The number of aromatic carboxylic acids is 1. The van der Waals surface area contributed by atoms with Crippen molar-refractivity contribution in [2.24, 2.45) is 5.73 Å². The lowest BCUT2D eigenvalue weighted by molar-refractivity contribution is 0.0697. The molecule has 0 aliphatic rings. The fourth-order valence-electron chi connectivity index (χ4n) is 1.55. The zero-order valence-corrected chi connectivity index (χ0v) is 8.36. The maximum absolute atomic E-state index is 11.7. The number of rotatable bonds is 2. The zero-order valence-electron chi connectivity index (χ0n) is 8.36. The standard InChI is InChI=1S/C11H10N2O3/c12-5-7-4-10(14)8-3-6(11(15)16)1-2-9(8)13-7/h1-4H,5,12H2,(H,13,14)(H,15,16). The first-order chi connectivity index (χ1) is 7.61. The molecule has 1 aromatic heterocycles. The van der Waals surface area contributed by atoms with Crippen molar-refractivity contribution in [3.05, 3.63) is 45.7 Å². The lowest BCUT2D eigenvalue weighted by atomic mass is 10.1. The Kier molecular flexibility index (Phi) is 2.46. The maximum atomic E-state index is 11.7. The SMILES string of the molecule is NCc1cc(=O)c2cc(C(=O)O)ccc2[nH]1. The van der Waals surface area contributed by atoms with Crippen LogP contribution in [-0.4, -0.2) is 16.1 Å². The lowest BCUT2D eigenvalue weighted by Gasteiger charge is -2.02. The molecule has 1 aromatic carbocycles. The molecule has 0 fully saturated rings. The second-order valence-electron chi connectivity index (χ2n) is 3.43. The first-order valence-corrected chi connectivity index (χ1v) is 4.71. The highest BCUT2D eigenvalue weighted by molar-refractivity contribution is 5.93. The van der Waals surface area contributed by atoms with Crippen LogP contribution in [0.5, 0.6) is 0 Å². The lowest BCUT2D eigenvalue weighted by Crippen LogP contribution is -2.09. The number of hydrogen-bond donors (Lipinski definition) is 3. The fraction of sp³-hybridized carbons (Fsp3) is 0.0909. The molecule has 5 nitrogen and oxygen atoms in total. The van der Waals surface area contributed by atoms with E-state index in [2.05, 4.69) is 4.98 Å². The number of aromatic amines is 1. The summed E-state index contributed by atoms with van der Waals surface area (Å²) in [6.07, 6.45) is 0. The molecular formula is C11H10N2O3. The normalized spacial score (nSPS) is 10.6. The van der Waals surface area contributed by atoms with Gasteiger partial charge in [-0.1, -0.05) is 0 Å². The number of fused-ring (bicyclic) bond motifs is 1. The Morgan fingerprint density at radius 1 is 1.38 bits per heavy atom. The van der Waals surface area contributed by atoms with E-state index in [1.807, 2.05) is 0 Å². The molecule has 0 aliphatic carbocycles. The molecule has 0 saturated carbocycles. The van der Waals surface area contributed by atoms with Gasteiger partial charge in [0.25, 0.3) is 0 Å². The Balaban J connectivity index is 2.75. The molecule has 5 heteroatoms. The van der Waals surface area contributed by atoms with E-state index >= 15 is 0 Å². The minimum atomic E-state index is -1.05. The van der Waals surface area contributed by atoms with E-state index in [1.54, 1.807) is 6.07 Å². The Labute approximate surface area is 90.5 Å². The summed E-state index contributed by atoms with van der Waals surface area (Å²) in [5.41, 5.74) is 6.52. The largest absolute Gasteiger partial charge is 0.478 e. The van der Waals surface area contributed by atoms with Crippen molar-refractivity contribution in [2.75, 3.05) is 0 Å². The molecule has 0 radical (unpaired) electrons. The third-order valence-corrected chi connectivity index (χ3v) is 2.35. The van der Waals surface area contributed by atoms with Crippen LogP contribution >= 0.6 is 0 Å². The summed E-state index contributed by atoms with van der Waals surface area (Å²) in [4.78, 5) is 25.4. The second-order valence-corrected chi connectivity index (χ2v) is 3.43. The second kappa shape index (κ2) is 3.79. The van der Waals surface area contributed by atoms with Gasteiger partial charge in [0.05, 0.1) is 5.56 Å². The Morgan fingerprint density at radius 3 is 2.75 bits per heavy atom. The first-order valence-electron chi connectivity index (χ1n) is 4.71. The summed E-state index contributed by atoms with van der Waals surface area (Å²) in [5.74, 6) is -1.05. The van der Waals surface area contributed by atoms with Gasteiger partial charge >= 0.3 is 5.97 Å². The molecule has 4 N–H and O–H groups in total. The summed E-state index contributed by atoms with van der Waals surface area (Å²) in [7, 11) is 0. The van der Waals surface area contributed by atoms with Crippen LogP contribution < -0.4 is 11.2 Å². The number of H-pyrrole nitrogens is 1. The van der Waals surface area contributed by atoms with E-state index in [9.17, 15) is 9.59 Å². The quantitative estimate of drug-likeness (QED) is 0.690. The van der Waals surface area contributed by atoms with Crippen molar-refractivity contribution >= 4 is 16.9 Å². The van der Waals surface area contributed by atoms with E-state index in [-0.39, 0.29) is 17.5 Å². The maximum Gasteiger partial charge on any atom is 0.335 e. The Morgan fingerprint density at radius 2 is 2.12 bits per heavy atom. The number of pyridine rings is 1. The average molecular weight is 218 g/mol. The van der Waals surface area contributed by atoms with Crippen molar-refractivity contribution in [3.8, 4) is 0 Å². The number of nitrogens with two attached hydrogens (primary N) is 1. The van der Waals surface area contributed by atoms with E-state index in [0.29, 0.717) is 16.6 Å². The number of carboxylic acids is 1. The molecule has 2 aromatic rings. The van der Waals surface area contributed by atoms with Crippen molar-refractivity contribution < 1.29 is 9.90 Å². The van der Waals surface area contributed by atoms with Gasteiger partial charge in [0, 0.05) is 29.2 Å². The predicted molar refractivity (Wildman–Crippen MR) is 59.4 cm³/mol. The van der Waals surface area contributed by atoms with Crippen LogP contribution in [0.3, 0.4) is 0 Å². The van der Waals surface area contributed by atoms with Crippen molar-refractivity contribution in [1.82, 2.24) is 4.98 Å². The molecule has 0 spiro atoms. The molecule has 0 aliphatic heterocycles. The third kappa shape index (κ3) is 1.68. The number of carbonyl (C=O) groups is 1. The zero-order chi connectivity index (χ0) is 11.7. The summed E-state index contributed by atoms with van der Waals surface area (Å²) >= 11 is 0. The molecule has 0 saturated heterocycles. The van der Waals surface area contributed by atoms with Gasteiger partial charge in [-0.15, -0.1) is 0 Å². The van der Waals surface area contributed by atoms with Gasteiger partial charge in [0.1, 0.15) is 0 Å². The van der Waals surface area contributed by atoms with Crippen LogP contribution in [0.25, 0.3) is 10.9 Å². The van der Waals surface area contributed by atoms with Crippen LogP contribution in [-0.2, 0) is 6.54 Å². The molecule has 0 atom stereocenters. The summed E-state index contributed by atoms with van der Waals surface area (Å²) in [6, 6.07) is 5.75.